The summed E-state index contributed by atoms with van der Waals surface area (Å²) < 4.78 is 55.2. The molecule has 0 aromatic heterocycles. The molecule has 1 fully saturated rings. The largest absolute Gasteiger partial charge is 0.573 e. The van der Waals surface area contributed by atoms with Gasteiger partial charge in [-0.15, -0.1) is 38.0 Å². The highest BCUT2D eigenvalue weighted by Gasteiger charge is 2.32. The van der Waals surface area contributed by atoms with Gasteiger partial charge in [0.25, 0.3) is 0 Å². The van der Waals surface area contributed by atoms with E-state index < -0.39 is 24.0 Å². The first-order chi connectivity index (χ1) is 12.7. The molecule has 162 valence electrons. The van der Waals surface area contributed by atoms with Gasteiger partial charge < -0.3 is 15.2 Å². The summed E-state index contributed by atoms with van der Waals surface area (Å²) in [6, 6.07) is 7.92. The number of nitrogens with one attached hydrogen (secondary N) is 1. The second kappa shape index (κ2) is 10.3. The Labute approximate surface area is 178 Å². The van der Waals surface area contributed by atoms with E-state index in [1.165, 1.54) is 30.3 Å². The number of piperazine rings is 1. The van der Waals surface area contributed by atoms with E-state index in [1.54, 1.807) is 13.0 Å². The number of hydrogen-bond acceptors (Lipinski definition) is 4. The van der Waals surface area contributed by atoms with Crippen molar-refractivity contribution in [2.24, 2.45) is 0 Å². The van der Waals surface area contributed by atoms with Gasteiger partial charge in [0.15, 0.2) is 11.6 Å². The van der Waals surface area contributed by atoms with Gasteiger partial charge in [-0.05, 0) is 36.2 Å². The molecule has 2 aromatic rings. The van der Waals surface area contributed by atoms with Crippen molar-refractivity contribution in [3.05, 3.63) is 58.9 Å². The highest BCUT2D eigenvalue weighted by molar-refractivity contribution is 5.85. The second-order valence-electron chi connectivity index (χ2n) is 6.49. The van der Waals surface area contributed by atoms with Gasteiger partial charge in [-0.1, -0.05) is 18.2 Å². The zero-order valence-corrected chi connectivity index (χ0v) is 17.1. The van der Waals surface area contributed by atoms with Crippen molar-refractivity contribution in [1.29, 1.82) is 0 Å². The Balaban J connectivity index is 0.00000210. The fourth-order valence-corrected chi connectivity index (χ4v) is 3.35. The Bertz CT molecular complexity index is 798. The molecule has 2 aromatic carbocycles. The van der Waals surface area contributed by atoms with Gasteiger partial charge in [0.1, 0.15) is 5.75 Å². The Morgan fingerprint density at radius 2 is 1.66 bits per heavy atom. The molecule has 0 saturated carbocycles. The SMILES string of the molecule is Cc1cc(F)c(O)c([C@@H](c2ccc(OC(F)(F)F)cc2)N2CCNCC2)c1.Cl.Cl. The first-order valence-electron chi connectivity index (χ1n) is 8.54. The topological polar surface area (TPSA) is 44.7 Å². The van der Waals surface area contributed by atoms with Crippen LogP contribution < -0.4 is 10.1 Å². The molecule has 1 atom stereocenters. The Hall–Kier alpha value is -1.74. The normalized spacial score (nSPS) is 15.8. The molecule has 3 rings (SSSR count). The monoisotopic (exact) mass is 456 g/mol. The molecule has 0 spiro atoms. The van der Waals surface area contributed by atoms with Crippen LogP contribution in [0.1, 0.15) is 22.7 Å². The Morgan fingerprint density at radius 3 is 2.21 bits per heavy atom. The van der Waals surface area contributed by atoms with Crippen LogP contribution in [-0.4, -0.2) is 42.5 Å². The maximum Gasteiger partial charge on any atom is 0.573 e. The minimum Gasteiger partial charge on any atom is -0.505 e. The molecule has 0 unspecified atom stereocenters. The lowest BCUT2D eigenvalue weighted by molar-refractivity contribution is -0.274. The van der Waals surface area contributed by atoms with Gasteiger partial charge in [0.2, 0.25) is 0 Å². The molecule has 1 heterocycles. The minimum absolute atomic E-state index is 0. The average Bonchev–Trinajstić information content (AvgIpc) is 2.60. The predicted molar refractivity (Wildman–Crippen MR) is 107 cm³/mol. The van der Waals surface area contributed by atoms with E-state index in [0.717, 1.165) is 13.1 Å². The Morgan fingerprint density at radius 1 is 1.07 bits per heavy atom. The maximum atomic E-state index is 14.1. The number of nitrogens with zero attached hydrogens (tertiary/aromatic N) is 1. The van der Waals surface area contributed by atoms with Crippen molar-refractivity contribution >= 4 is 24.8 Å². The fourth-order valence-electron chi connectivity index (χ4n) is 3.35. The van der Waals surface area contributed by atoms with E-state index in [0.29, 0.717) is 29.8 Å². The molecular weight excluding hydrogens is 435 g/mol. The van der Waals surface area contributed by atoms with Crippen molar-refractivity contribution in [2.45, 2.75) is 19.3 Å². The van der Waals surface area contributed by atoms with Gasteiger partial charge in [-0.2, -0.15) is 0 Å². The molecule has 0 bridgehead atoms. The third-order valence-electron chi connectivity index (χ3n) is 4.48. The summed E-state index contributed by atoms with van der Waals surface area (Å²) in [4.78, 5) is 2.06. The second-order valence-corrected chi connectivity index (χ2v) is 6.49. The summed E-state index contributed by atoms with van der Waals surface area (Å²) in [5, 5.41) is 13.5. The van der Waals surface area contributed by atoms with Crippen LogP contribution in [-0.2, 0) is 0 Å². The highest BCUT2D eigenvalue weighted by Crippen LogP contribution is 2.37. The third kappa shape index (κ3) is 6.37. The maximum absolute atomic E-state index is 14.1. The van der Waals surface area contributed by atoms with E-state index in [2.05, 4.69) is 15.0 Å². The smallest absolute Gasteiger partial charge is 0.505 e. The van der Waals surface area contributed by atoms with Crippen LogP contribution in [0.2, 0.25) is 0 Å². The van der Waals surface area contributed by atoms with Crippen molar-refractivity contribution in [2.75, 3.05) is 26.2 Å². The molecule has 2 N–H and O–H groups in total. The lowest BCUT2D eigenvalue weighted by Gasteiger charge is -2.36. The lowest BCUT2D eigenvalue weighted by atomic mass is 9.94. The number of aryl methyl sites for hydroxylation is 1. The highest BCUT2D eigenvalue weighted by atomic mass is 35.5. The number of ether oxygens (including phenoxy) is 1. The number of halogens is 6. The minimum atomic E-state index is -4.77. The number of hydrogen-bond donors (Lipinski definition) is 2. The summed E-state index contributed by atoms with van der Waals surface area (Å²) >= 11 is 0. The molecule has 0 amide bonds. The Kier molecular flexibility index (Phi) is 9.02. The van der Waals surface area contributed by atoms with Crippen LogP contribution in [0.3, 0.4) is 0 Å². The van der Waals surface area contributed by atoms with Crippen LogP contribution in [0.5, 0.6) is 11.5 Å². The molecule has 29 heavy (non-hydrogen) atoms. The zero-order chi connectivity index (χ0) is 19.6. The van der Waals surface area contributed by atoms with Crippen molar-refractivity contribution in [3.63, 3.8) is 0 Å². The summed E-state index contributed by atoms with van der Waals surface area (Å²) in [7, 11) is 0. The van der Waals surface area contributed by atoms with E-state index >= 15 is 0 Å². The average molecular weight is 457 g/mol. The zero-order valence-electron chi connectivity index (χ0n) is 15.5. The molecule has 0 aliphatic carbocycles. The molecule has 10 heteroatoms. The predicted octanol–water partition coefficient (Wildman–Crippen LogP) is 4.58. The molecule has 1 saturated heterocycles. The van der Waals surface area contributed by atoms with Gasteiger partial charge in [-0.25, -0.2) is 4.39 Å². The molecule has 1 aliphatic heterocycles. The van der Waals surface area contributed by atoms with E-state index in [4.69, 9.17) is 0 Å². The van der Waals surface area contributed by atoms with E-state index in [9.17, 15) is 22.7 Å². The first kappa shape index (κ1) is 25.3. The van der Waals surface area contributed by atoms with Gasteiger partial charge in [0.05, 0.1) is 6.04 Å². The summed E-state index contributed by atoms with van der Waals surface area (Å²) in [6.07, 6.45) is -4.77. The first-order valence-corrected chi connectivity index (χ1v) is 8.54. The lowest BCUT2D eigenvalue weighted by Crippen LogP contribution is -2.45. The number of benzene rings is 2. The molecule has 4 nitrogen and oxygen atoms in total. The van der Waals surface area contributed by atoms with E-state index in [1.807, 2.05) is 0 Å². The number of phenolic OH excluding ortho intramolecular Hbond substituents is 1. The van der Waals surface area contributed by atoms with Crippen molar-refractivity contribution in [3.8, 4) is 11.5 Å². The van der Waals surface area contributed by atoms with Gasteiger partial charge in [0, 0.05) is 31.7 Å². The number of aromatic hydroxyl groups is 1. The van der Waals surface area contributed by atoms with Crippen LogP contribution in [0.4, 0.5) is 17.6 Å². The quantitative estimate of drug-likeness (QED) is 0.661. The fraction of sp³-hybridized carbons (Fsp3) is 0.368. The van der Waals surface area contributed by atoms with Crippen LogP contribution in [0, 0.1) is 12.7 Å². The summed E-state index contributed by atoms with van der Waals surface area (Å²) in [6.45, 7) is 4.48. The van der Waals surface area contributed by atoms with Gasteiger partial charge >= 0.3 is 6.36 Å². The molecular formula is C19H22Cl2F4N2O2. The number of phenols is 1. The van der Waals surface area contributed by atoms with Crippen molar-refractivity contribution < 1.29 is 27.4 Å². The van der Waals surface area contributed by atoms with Crippen LogP contribution in [0.15, 0.2) is 36.4 Å². The van der Waals surface area contributed by atoms with Crippen molar-refractivity contribution in [1.82, 2.24) is 10.2 Å². The molecule has 0 radical (unpaired) electrons. The standard InChI is InChI=1S/C19H20F4N2O2.2ClH/c1-12-10-15(18(26)16(20)11-12)17(25-8-6-24-7-9-25)13-2-4-14(5-3-13)27-19(21,22)23;;/h2-5,10-11,17,24,26H,6-9H2,1H3;2*1H/t17-;;/m1../s1. The van der Waals surface area contributed by atoms with Crippen LogP contribution >= 0.6 is 24.8 Å². The summed E-state index contributed by atoms with van der Waals surface area (Å²) in [5.41, 5.74) is 1.68. The van der Waals surface area contributed by atoms with Gasteiger partial charge in [-0.3, -0.25) is 4.90 Å². The third-order valence-corrected chi connectivity index (χ3v) is 4.48. The number of alkyl halides is 3. The van der Waals surface area contributed by atoms with Crippen LogP contribution in [0.25, 0.3) is 0 Å². The van der Waals surface area contributed by atoms with E-state index in [-0.39, 0.29) is 30.6 Å². The molecule has 1 aliphatic rings. The summed E-state index contributed by atoms with van der Waals surface area (Å²) in [5.74, 6) is -1.49. The number of rotatable bonds is 4.